The van der Waals surface area contributed by atoms with Crippen molar-refractivity contribution in [3.63, 3.8) is 0 Å². The van der Waals surface area contributed by atoms with Crippen molar-refractivity contribution in [2.45, 2.75) is 129 Å². The smallest absolute Gasteiger partial charge is 0.226 e. The summed E-state index contributed by atoms with van der Waals surface area (Å²) in [5.41, 5.74) is -0.603. The number of carbonyl (C=O) groups excluding carboxylic acids is 4. The molecule has 0 unspecified atom stereocenters. The van der Waals surface area contributed by atoms with Crippen molar-refractivity contribution in [2.24, 2.45) is 29.6 Å². The van der Waals surface area contributed by atoms with Crippen molar-refractivity contribution in [2.75, 3.05) is 40.9 Å². The molecule has 2 saturated heterocycles. The Kier molecular flexibility index (Phi) is 17.1. The number of ketones is 1. The number of hydrogen-bond acceptors (Lipinski definition) is 7. The summed E-state index contributed by atoms with van der Waals surface area (Å²) >= 11 is 0. The zero-order valence-electron chi connectivity index (χ0n) is 33.0. The minimum Gasteiger partial charge on any atom is -0.379 e. The molecule has 0 radical (unpaired) electrons. The fraction of sp³-hybridized carbons (Fsp3) is 0.756. The van der Waals surface area contributed by atoms with Crippen LogP contribution in [0.4, 0.5) is 0 Å². The molecule has 8 atom stereocenters. The molecule has 0 aromatic rings. The lowest BCUT2D eigenvalue weighted by molar-refractivity contribution is -0.149. The van der Waals surface area contributed by atoms with E-state index in [1.165, 1.54) is 0 Å². The lowest BCUT2D eigenvalue weighted by Gasteiger charge is -2.41. The Bertz CT molecular complexity index is 1220. The molecule has 2 N–H and O–H groups in total. The van der Waals surface area contributed by atoms with Gasteiger partial charge >= 0.3 is 0 Å². The number of nitrogens with one attached hydrogen (secondary N) is 2. The van der Waals surface area contributed by atoms with E-state index < -0.39 is 29.6 Å². The Morgan fingerprint density at radius 3 is 2.24 bits per heavy atom. The third kappa shape index (κ3) is 11.3. The topological polar surface area (TPSA) is 117 Å². The maximum absolute atomic E-state index is 14.3. The minimum absolute atomic E-state index is 0.0328. The molecule has 0 aromatic heterocycles. The van der Waals surface area contributed by atoms with Gasteiger partial charge in [-0.2, -0.15) is 0 Å². The molecule has 0 bridgehead atoms. The van der Waals surface area contributed by atoms with Crippen molar-refractivity contribution in [3.8, 4) is 0 Å². The zero-order valence-corrected chi connectivity index (χ0v) is 33.0. The van der Waals surface area contributed by atoms with E-state index in [-0.39, 0.29) is 66.2 Å². The fourth-order valence-electron chi connectivity index (χ4n) is 8.22. The highest BCUT2D eigenvalue weighted by Crippen LogP contribution is 2.32. The Morgan fingerprint density at radius 2 is 1.67 bits per heavy atom. The SMILES string of the molecule is CC[C@H](C)[C@@H]([C@@H](CC(=O)N1CCC[C@H]1[C@H](OC)[C@@H](C)C(=O)NCCC1C=CC=CC=C1)OC)N(C)C(=O)[C@@H](CC(=O)[C@@]1(C)CCCCN1)C(C)C. The van der Waals surface area contributed by atoms with Gasteiger partial charge < -0.3 is 29.9 Å². The molecule has 0 saturated carbocycles. The first kappa shape index (κ1) is 42.6. The number of hydrogen-bond donors (Lipinski definition) is 2. The van der Waals surface area contributed by atoms with Gasteiger partial charge in [0.05, 0.1) is 42.2 Å². The van der Waals surface area contributed by atoms with Crippen molar-refractivity contribution in [1.82, 2.24) is 20.4 Å². The van der Waals surface area contributed by atoms with Gasteiger partial charge in [0.15, 0.2) is 5.78 Å². The number of amides is 3. The number of nitrogens with zero attached hydrogens (tertiary/aromatic N) is 2. The highest BCUT2D eigenvalue weighted by Gasteiger charge is 2.44. The molecule has 51 heavy (non-hydrogen) atoms. The second-order valence-electron chi connectivity index (χ2n) is 15.7. The van der Waals surface area contributed by atoms with Gasteiger partial charge in [-0.25, -0.2) is 0 Å². The van der Waals surface area contributed by atoms with Crippen LogP contribution in [-0.4, -0.2) is 104 Å². The molecular formula is C41H68N4O6. The molecule has 288 valence electrons. The number of Topliss-reactive ketones (excluding diaryl/α,β-unsaturated/α-hetero) is 1. The Hall–Kier alpha value is -2.82. The number of carbonyl (C=O) groups is 4. The summed E-state index contributed by atoms with van der Waals surface area (Å²) in [6.45, 7) is 14.0. The average molecular weight is 713 g/mol. The van der Waals surface area contributed by atoms with Gasteiger partial charge in [-0.05, 0) is 69.7 Å². The lowest BCUT2D eigenvalue weighted by atomic mass is 9.79. The lowest BCUT2D eigenvalue weighted by Crippen LogP contribution is -2.55. The average Bonchev–Trinajstić information content (AvgIpc) is 3.45. The van der Waals surface area contributed by atoms with E-state index in [4.69, 9.17) is 9.47 Å². The highest BCUT2D eigenvalue weighted by molar-refractivity contribution is 5.92. The van der Waals surface area contributed by atoms with Crippen LogP contribution < -0.4 is 10.6 Å². The number of methoxy groups -OCH3 is 2. The Morgan fingerprint density at radius 1 is 0.980 bits per heavy atom. The van der Waals surface area contributed by atoms with Crippen molar-refractivity contribution in [1.29, 1.82) is 0 Å². The first-order valence-electron chi connectivity index (χ1n) is 19.5. The van der Waals surface area contributed by atoms with Gasteiger partial charge in [0.1, 0.15) is 0 Å². The van der Waals surface area contributed by atoms with Crippen LogP contribution in [0.15, 0.2) is 36.5 Å². The molecule has 1 aliphatic carbocycles. The third-order valence-corrected chi connectivity index (χ3v) is 11.8. The maximum Gasteiger partial charge on any atom is 0.226 e. The van der Waals surface area contributed by atoms with Gasteiger partial charge in [-0.15, -0.1) is 0 Å². The van der Waals surface area contributed by atoms with Crippen molar-refractivity contribution < 1.29 is 28.7 Å². The zero-order chi connectivity index (χ0) is 37.7. The van der Waals surface area contributed by atoms with Crippen LogP contribution in [0.3, 0.4) is 0 Å². The summed E-state index contributed by atoms with van der Waals surface area (Å²) in [4.78, 5) is 58.9. The van der Waals surface area contributed by atoms with E-state index in [0.717, 1.165) is 51.5 Å². The molecule has 10 nitrogen and oxygen atoms in total. The molecule has 3 amide bonds. The second kappa shape index (κ2) is 20.4. The molecule has 2 heterocycles. The van der Waals surface area contributed by atoms with Crippen LogP contribution in [0.2, 0.25) is 0 Å². The molecular weight excluding hydrogens is 644 g/mol. The van der Waals surface area contributed by atoms with Crippen LogP contribution in [-0.2, 0) is 28.7 Å². The quantitative estimate of drug-likeness (QED) is 0.182. The highest BCUT2D eigenvalue weighted by atomic mass is 16.5. The van der Waals surface area contributed by atoms with Crippen LogP contribution in [0.25, 0.3) is 0 Å². The Balaban J connectivity index is 1.70. The monoisotopic (exact) mass is 713 g/mol. The number of piperidine rings is 1. The normalized spacial score (nSPS) is 24.4. The summed E-state index contributed by atoms with van der Waals surface area (Å²) in [7, 11) is 5.02. The number of likely N-dealkylation sites (tertiary alicyclic amines) is 1. The largest absolute Gasteiger partial charge is 0.379 e. The van der Waals surface area contributed by atoms with Crippen LogP contribution in [0, 0.1) is 29.6 Å². The standard InChI is InChI=1S/C41H68N4O6/c1-10-29(4)37(44(7)40(49)32(28(2)3)26-35(46)41(6)22-15-16-23-43-41)34(50-8)27-36(47)45-25-17-20-33(45)38(51-9)30(5)39(48)42-24-21-31-18-13-11-12-14-19-31/h11-14,18-19,28-34,37-38,43H,10,15-17,20-27H2,1-9H3,(H,42,48)/t29-,30+,32-,33-,34+,37-,38+,41+/m0/s1. The van der Waals surface area contributed by atoms with Gasteiger partial charge in [-0.1, -0.05) is 77.5 Å². The second-order valence-corrected chi connectivity index (χ2v) is 15.7. The first-order chi connectivity index (χ1) is 24.3. The summed E-state index contributed by atoms with van der Waals surface area (Å²) in [6, 6.07) is -0.610. The predicted molar refractivity (Wildman–Crippen MR) is 203 cm³/mol. The number of rotatable bonds is 19. The summed E-state index contributed by atoms with van der Waals surface area (Å²) < 4.78 is 12.0. The van der Waals surface area contributed by atoms with E-state index in [1.54, 1.807) is 26.2 Å². The van der Waals surface area contributed by atoms with Crippen LogP contribution in [0.5, 0.6) is 0 Å². The molecule has 2 fully saturated rings. The third-order valence-electron chi connectivity index (χ3n) is 11.8. The maximum atomic E-state index is 14.3. The summed E-state index contributed by atoms with van der Waals surface area (Å²) in [6.07, 6.45) is 17.6. The van der Waals surface area contributed by atoms with E-state index in [0.29, 0.717) is 13.1 Å². The van der Waals surface area contributed by atoms with E-state index in [2.05, 4.69) is 36.6 Å². The molecule has 3 rings (SSSR count). The molecule has 0 spiro atoms. The van der Waals surface area contributed by atoms with Crippen molar-refractivity contribution in [3.05, 3.63) is 36.5 Å². The summed E-state index contributed by atoms with van der Waals surface area (Å²) in [5.74, 6) is -0.802. The van der Waals surface area contributed by atoms with Gasteiger partial charge in [0.25, 0.3) is 0 Å². The van der Waals surface area contributed by atoms with Crippen LogP contribution in [0.1, 0.15) is 99.3 Å². The van der Waals surface area contributed by atoms with E-state index in [1.807, 2.05) is 56.9 Å². The summed E-state index contributed by atoms with van der Waals surface area (Å²) in [5, 5.41) is 6.50. The number of allylic oxidation sites excluding steroid dienone is 6. The molecule has 2 aliphatic heterocycles. The van der Waals surface area contributed by atoms with E-state index in [9.17, 15) is 19.2 Å². The van der Waals surface area contributed by atoms with E-state index >= 15 is 0 Å². The Labute approximate surface area is 308 Å². The number of ether oxygens (including phenoxy) is 2. The molecule has 3 aliphatic rings. The van der Waals surface area contributed by atoms with Gasteiger partial charge in [0, 0.05) is 46.7 Å². The fourth-order valence-corrected chi connectivity index (χ4v) is 8.22. The van der Waals surface area contributed by atoms with Crippen molar-refractivity contribution >= 4 is 23.5 Å². The van der Waals surface area contributed by atoms with Crippen LogP contribution >= 0.6 is 0 Å². The molecule has 0 aromatic carbocycles. The predicted octanol–water partition coefficient (Wildman–Crippen LogP) is 5.48. The van der Waals surface area contributed by atoms with Gasteiger partial charge in [-0.3, -0.25) is 19.2 Å². The number of likely N-dealkylation sites (N-methyl/N-ethyl adjacent to an activating group) is 1. The first-order valence-corrected chi connectivity index (χ1v) is 19.5. The molecule has 10 heteroatoms. The minimum atomic E-state index is -0.603. The van der Waals surface area contributed by atoms with Gasteiger partial charge in [0.2, 0.25) is 17.7 Å².